The second kappa shape index (κ2) is 13.7. The fourth-order valence-electron chi connectivity index (χ4n) is 3.19. The third kappa shape index (κ3) is 8.53. The summed E-state index contributed by atoms with van der Waals surface area (Å²) in [5.41, 5.74) is 0. The van der Waals surface area contributed by atoms with Crippen LogP contribution in [0.25, 0.3) is 0 Å². The number of amides is 1. The number of unbranched alkanes of at least 4 members (excludes halogenated alkanes) is 2. The van der Waals surface area contributed by atoms with Gasteiger partial charge in [-0.05, 0) is 32.6 Å². The van der Waals surface area contributed by atoms with Crippen LogP contribution >= 0.6 is 24.0 Å². The van der Waals surface area contributed by atoms with Crippen molar-refractivity contribution in [3.05, 3.63) is 0 Å². The van der Waals surface area contributed by atoms with Crippen LogP contribution in [0.5, 0.6) is 0 Å². The van der Waals surface area contributed by atoms with E-state index in [-0.39, 0.29) is 24.0 Å². The monoisotopic (exact) mass is 452 g/mol. The maximum atomic E-state index is 11.9. The molecule has 0 bridgehead atoms. The van der Waals surface area contributed by atoms with Crippen molar-refractivity contribution in [1.82, 2.24) is 15.5 Å². The highest BCUT2D eigenvalue weighted by Crippen LogP contribution is 2.17. The van der Waals surface area contributed by atoms with Gasteiger partial charge in [0.1, 0.15) is 0 Å². The quantitative estimate of drug-likeness (QED) is 0.231. The number of carbonyl (C=O) groups is 1. The number of likely N-dealkylation sites (tertiary alicyclic amines) is 1. The fourth-order valence-corrected chi connectivity index (χ4v) is 3.19. The Hall–Kier alpha value is -0.530. The number of hydrogen-bond donors (Lipinski definition) is 2. The summed E-state index contributed by atoms with van der Waals surface area (Å²) in [4.78, 5) is 18.2. The number of halogens is 1. The van der Waals surface area contributed by atoms with E-state index in [4.69, 9.17) is 0 Å². The van der Waals surface area contributed by atoms with Crippen LogP contribution < -0.4 is 10.6 Å². The van der Waals surface area contributed by atoms with Crippen LogP contribution in [0, 0.1) is 0 Å². The van der Waals surface area contributed by atoms with Crippen molar-refractivity contribution in [2.75, 3.05) is 20.1 Å². The zero-order chi connectivity index (χ0) is 17.1. The third-order valence-corrected chi connectivity index (χ3v) is 4.64. The molecule has 0 aliphatic carbocycles. The Morgan fingerprint density at radius 1 is 1.29 bits per heavy atom. The summed E-state index contributed by atoms with van der Waals surface area (Å²) in [6.07, 6.45) is 8.72. The summed E-state index contributed by atoms with van der Waals surface area (Å²) in [5.74, 6) is 1.19. The number of nitrogens with zero attached hydrogens (tertiary/aromatic N) is 2. The molecule has 2 unspecified atom stereocenters. The summed E-state index contributed by atoms with van der Waals surface area (Å²) in [5, 5.41) is 6.85. The minimum atomic E-state index is 0. The van der Waals surface area contributed by atoms with E-state index >= 15 is 0 Å². The first-order valence-electron chi connectivity index (χ1n) is 9.39. The highest BCUT2D eigenvalue weighted by molar-refractivity contribution is 14.0. The molecule has 2 N–H and O–H groups in total. The Bertz CT molecular complexity index is 376. The van der Waals surface area contributed by atoms with Gasteiger partial charge in [-0.2, -0.15) is 0 Å². The van der Waals surface area contributed by atoms with Crippen LogP contribution in [0.15, 0.2) is 4.99 Å². The highest BCUT2D eigenvalue weighted by Gasteiger charge is 2.26. The third-order valence-electron chi connectivity index (χ3n) is 4.64. The van der Waals surface area contributed by atoms with Crippen molar-refractivity contribution < 1.29 is 4.79 Å². The average Bonchev–Trinajstić information content (AvgIpc) is 2.96. The van der Waals surface area contributed by atoms with Crippen LogP contribution in [0.2, 0.25) is 0 Å². The molecule has 0 aromatic carbocycles. The molecule has 1 aliphatic rings. The standard InChI is InChI=1S/C18H36N4O.HI/c1-5-7-8-10-15(3)21-18(19-4)20-13-12-16(6-2)22-14-9-11-17(22)23;/h15-16H,5-14H2,1-4H3,(H2,19,20,21);1H. The van der Waals surface area contributed by atoms with Crippen LogP contribution in [0.3, 0.4) is 0 Å². The Kier molecular flexibility index (Phi) is 13.4. The van der Waals surface area contributed by atoms with Crippen LogP contribution in [0.4, 0.5) is 0 Å². The summed E-state index contributed by atoms with van der Waals surface area (Å²) in [6, 6.07) is 0.799. The van der Waals surface area contributed by atoms with Crippen molar-refractivity contribution in [1.29, 1.82) is 0 Å². The molecule has 24 heavy (non-hydrogen) atoms. The molecule has 1 amide bonds. The van der Waals surface area contributed by atoms with Crippen molar-refractivity contribution >= 4 is 35.8 Å². The smallest absolute Gasteiger partial charge is 0.222 e. The van der Waals surface area contributed by atoms with E-state index in [9.17, 15) is 4.79 Å². The number of guanidine groups is 1. The zero-order valence-electron chi connectivity index (χ0n) is 15.9. The molecule has 0 spiro atoms. The van der Waals surface area contributed by atoms with Gasteiger partial charge in [-0.15, -0.1) is 24.0 Å². The molecular weight excluding hydrogens is 415 g/mol. The molecule has 0 aromatic heterocycles. The van der Waals surface area contributed by atoms with Crippen molar-refractivity contribution in [2.24, 2.45) is 4.99 Å². The lowest BCUT2D eigenvalue weighted by atomic mass is 10.1. The largest absolute Gasteiger partial charge is 0.356 e. The molecule has 0 saturated carbocycles. The normalized spacial score (nSPS) is 17.4. The number of carbonyl (C=O) groups excluding carboxylic acids is 1. The van der Waals surface area contributed by atoms with Gasteiger partial charge in [0.05, 0.1) is 0 Å². The Morgan fingerprint density at radius 3 is 2.58 bits per heavy atom. The van der Waals surface area contributed by atoms with Gasteiger partial charge in [-0.1, -0.05) is 33.1 Å². The van der Waals surface area contributed by atoms with Gasteiger partial charge in [-0.25, -0.2) is 0 Å². The number of hydrogen-bond acceptors (Lipinski definition) is 2. The van der Waals surface area contributed by atoms with Crippen molar-refractivity contribution in [2.45, 2.75) is 84.2 Å². The van der Waals surface area contributed by atoms with Crippen LogP contribution in [-0.2, 0) is 4.79 Å². The maximum Gasteiger partial charge on any atom is 0.222 e. The summed E-state index contributed by atoms with van der Waals surface area (Å²) < 4.78 is 0. The SMILES string of the molecule is CCCCCC(C)NC(=NC)NCCC(CC)N1CCCC1=O.I. The second-order valence-corrected chi connectivity index (χ2v) is 6.58. The van der Waals surface area contributed by atoms with E-state index in [1.54, 1.807) is 0 Å². The first-order valence-corrected chi connectivity index (χ1v) is 9.39. The zero-order valence-corrected chi connectivity index (χ0v) is 18.3. The topological polar surface area (TPSA) is 56.7 Å². The van der Waals surface area contributed by atoms with Gasteiger partial charge in [0.25, 0.3) is 0 Å². The number of nitrogens with one attached hydrogen (secondary N) is 2. The second-order valence-electron chi connectivity index (χ2n) is 6.58. The van der Waals surface area contributed by atoms with Crippen LogP contribution in [-0.4, -0.2) is 49.0 Å². The molecule has 6 heteroatoms. The molecule has 142 valence electrons. The molecule has 1 saturated heterocycles. The Morgan fingerprint density at radius 2 is 2.04 bits per heavy atom. The van der Waals surface area contributed by atoms with Gasteiger partial charge in [0.15, 0.2) is 5.96 Å². The van der Waals surface area contributed by atoms with E-state index in [1.807, 2.05) is 7.05 Å². The maximum absolute atomic E-state index is 11.9. The fraction of sp³-hybridized carbons (Fsp3) is 0.889. The van der Waals surface area contributed by atoms with Gasteiger partial charge >= 0.3 is 0 Å². The van der Waals surface area contributed by atoms with E-state index in [0.717, 1.165) is 44.7 Å². The summed E-state index contributed by atoms with van der Waals surface area (Å²) in [7, 11) is 1.81. The Balaban J connectivity index is 0.00000529. The summed E-state index contributed by atoms with van der Waals surface area (Å²) >= 11 is 0. The molecule has 0 radical (unpaired) electrons. The first kappa shape index (κ1) is 23.5. The number of aliphatic imine (C=N–C) groups is 1. The molecular formula is C18H37IN4O. The predicted molar refractivity (Wildman–Crippen MR) is 113 cm³/mol. The lowest BCUT2D eigenvalue weighted by Gasteiger charge is -2.27. The van der Waals surface area contributed by atoms with Gasteiger partial charge < -0.3 is 15.5 Å². The highest BCUT2D eigenvalue weighted by atomic mass is 127. The van der Waals surface area contributed by atoms with Crippen LogP contribution in [0.1, 0.15) is 72.1 Å². The van der Waals surface area contributed by atoms with E-state index in [2.05, 4.69) is 41.3 Å². The molecule has 2 atom stereocenters. The summed E-state index contributed by atoms with van der Waals surface area (Å²) in [6.45, 7) is 8.38. The Labute approximate surface area is 165 Å². The van der Waals surface area contributed by atoms with E-state index in [0.29, 0.717) is 18.0 Å². The lowest BCUT2D eigenvalue weighted by Crippen LogP contribution is -2.44. The first-order chi connectivity index (χ1) is 11.1. The molecule has 1 heterocycles. The molecule has 5 nitrogen and oxygen atoms in total. The van der Waals surface area contributed by atoms with E-state index in [1.165, 1.54) is 25.7 Å². The molecule has 0 aromatic rings. The van der Waals surface area contributed by atoms with Crippen molar-refractivity contribution in [3.8, 4) is 0 Å². The molecule has 1 rings (SSSR count). The van der Waals surface area contributed by atoms with Gasteiger partial charge in [0, 0.05) is 38.6 Å². The van der Waals surface area contributed by atoms with Gasteiger partial charge in [-0.3, -0.25) is 9.79 Å². The average molecular weight is 452 g/mol. The molecule has 1 fully saturated rings. The minimum Gasteiger partial charge on any atom is -0.356 e. The lowest BCUT2D eigenvalue weighted by molar-refractivity contribution is -0.129. The molecule has 1 aliphatic heterocycles. The predicted octanol–water partition coefficient (Wildman–Crippen LogP) is 3.53. The van der Waals surface area contributed by atoms with Crippen molar-refractivity contribution in [3.63, 3.8) is 0 Å². The minimum absolute atomic E-state index is 0. The van der Waals surface area contributed by atoms with Gasteiger partial charge in [0.2, 0.25) is 5.91 Å². The van der Waals surface area contributed by atoms with E-state index < -0.39 is 0 Å². The number of rotatable bonds is 10.